The molecule has 3 aliphatic heterocycles. The van der Waals surface area contributed by atoms with Gasteiger partial charge < -0.3 is 29.0 Å². The van der Waals surface area contributed by atoms with Crippen molar-refractivity contribution >= 4 is 24.2 Å². The van der Waals surface area contributed by atoms with Crippen molar-refractivity contribution in [1.29, 1.82) is 0 Å². The van der Waals surface area contributed by atoms with Crippen LogP contribution in [-0.2, 0) is 28.6 Å². The number of carboxylic acids is 1. The molecule has 9 nitrogen and oxygen atoms in total. The molecule has 3 heterocycles. The molecule has 0 saturated carbocycles. The molecule has 1 spiro atoms. The molecular formula is C35H58N2O7. The summed E-state index contributed by atoms with van der Waals surface area (Å²) < 4.78 is 17.3. The van der Waals surface area contributed by atoms with E-state index in [4.69, 9.17) is 19.2 Å². The molecule has 1 N–H and O–H groups in total. The van der Waals surface area contributed by atoms with Crippen LogP contribution in [0.25, 0.3) is 0 Å². The molecule has 0 bridgehead atoms. The van der Waals surface area contributed by atoms with Crippen molar-refractivity contribution in [3.05, 3.63) is 12.7 Å². The summed E-state index contributed by atoms with van der Waals surface area (Å²) in [5, 5.41) is 11.0. The highest BCUT2D eigenvalue weighted by Crippen LogP contribution is 2.56. The van der Waals surface area contributed by atoms with E-state index in [1.54, 1.807) is 13.2 Å². The molecule has 250 valence electrons. The van der Waals surface area contributed by atoms with Gasteiger partial charge in [-0.05, 0) is 51.9 Å². The van der Waals surface area contributed by atoms with Gasteiger partial charge >= 0.3 is 11.9 Å². The lowest BCUT2D eigenvalue weighted by Crippen LogP contribution is -2.69. The number of hydrogen-bond donors (Lipinski definition) is 1. The summed E-state index contributed by atoms with van der Waals surface area (Å²) in [7, 11) is 1.58. The van der Waals surface area contributed by atoms with Crippen LogP contribution in [0, 0.1) is 5.41 Å². The molecule has 0 radical (unpaired) electrons. The molecule has 0 unspecified atom stereocenters. The molecule has 0 amide bonds. The number of carbonyl (C=O) groups excluding carboxylic acids is 2. The van der Waals surface area contributed by atoms with Crippen LogP contribution in [0.4, 0.5) is 0 Å². The highest BCUT2D eigenvalue weighted by molar-refractivity contribution is 5.84. The molecule has 3 rings (SSSR count). The first kappa shape index (κ1) is 36.1. The fourth-order valence-electron chi connectivity index (χ4n) is 7.83. The SMILES string of the molecule is C=CCOC(=O)CCCCCCCCCCCCCCC[C@@]1(C(=O)O)[C@H]2CC[C@@H](CC=O)N2C(OC)=N[C@@]12CCC[C@@H](C)O2. The Bertz CT molecular complexity index is 955. The van der Waals surface area contributed by atoms with Crippen molar-refractivity contribution < 1.29 is 33.7 Å². The maximum Gasteiger partial charge on any atom is 0.316 e. The van der Waals surface area contributed by atoms with E-state index in [9.17, 15) is 19.5 Å². The van der Waals surface area contributed by atoms with E-state index in [-0.39, 0.29) is 24.2 Å². The van der Waals surface area contributed by atoms with Crippen LogP contribution in [0.1, 0.15) is 142 Å². The molecule has 2 saturated heterocycles. The van der Waals surface area contributed by atoms with Crippen LogP contribution in [0.5, 0.6) is 0 Å². The van der Waals surface area contributed by atoms with E-state index in [2.05, 4.69) is 6.58 Å². The van der Waals surface area contributed by atoms with E-state index >= 15 is 0 Å². The Labute approximate surface area is 265 Å². The number of amidine groups is 1. The Morgan fingerprint density at radius 3 is 2.16 bits per heavy atom. The molecule has 0 aliphatic carbocycles. The Balaban J connectivity index is 1.41. The van der Waals surface area contributed by atoms with Crippen molar-refractivity contribution in [2.45, 2.75) is 166 Å². The summed E-state index contributed by atoms with van der Waals surface area (Å²) in [6.45, 7) is 5.86. The molecule has 2 fully saturated rings. The zero-order chi connectivity index (χ0) is 31.8. The quantitative estimate of drug-likeness (QED) is 0.0614. The maximum absolute atomic E-state index is 13.4. The Hall–Kier alpha value is -2.42. The van der Waals surface area contributed by atoms with Gasteiger partial charge in [-0.1, -0.05) is 89.7 Å². The average molecular weight is 619 g/mol. The van der Waals surface area contributed by atoms with E-state index in [1.165, 1.54) is 51.4 Å². The van der Waals surface area contributed by atoms with Gasteiger partial charge in [0.25, 0.3) is 6.02 Å². The molecule has 0 aromatic heterocycles. The summed E-state index contributed by atoms with van der Waals surface area (Å²) in [6.07, 6.45) is 22.3. The minimum absolute atomic E-state index is 0.0683. The second-order valence-electron chi connectivity index (χ2n) is 13.1. The third-order valence-electron chi connectivity index (χ3n) is 10.0. The third kappa shape index (κ3) is 9.07. The molecule has 0 aromatic rings. The van der Waals surface area contributed by atoms with Gasteiger partial charge in [-0.2, -0.15) is 4.99 Å². The lowest BCUT2D eigenvalue weighted by molar-refractivity contribution is -0.224. The number of carboxylic acid groups (broad SMARTS) is 1. The summed E-state index contributed by atoms with van der Waals surface area (Å²) in [5.41, 5.74) is -2.31. The number of esters is 1. The number of aliphatic imine (C=N–C) groups is 1. The second-order valence-corrected chi connectivity index (χ2v) is 13.1. The molecule has 5 atom stereocenters. The van der Waals surface area contributed by atoms with Gasteiger partial charge in [0.15, 0.2) is 5.72 Å². The lowest BCUT2D eigenvalue weighted by atomic mass is 9.64. The van der Waals surface area contributed by atoms with Gasteiger partial charge in [0.2, 0.25) is 0 Å². The Morgan fingerprint density at radius 2 is 1.61 bits per heavy atom. The van der Waals surface area contributed by atoms with Crippen LogP contribution < -0.4 is 0 Å². The number of nitrogens with zero attached hydrogens (tertiary/aromatic N) is 2. The average Bonchev–Trinajstić information content (AvgIpc) is 3.42. The predicted octanol–water partition coefficient (Wildman–Crippen LogP) is 7.36. The van der Waals surface area contributed by atoms with E-state index in [0.717, 1.165) is 57.7 Å². The predicted molar refractivity (Wildman–Crippen MR) is 171 cm³/mol. The number of carbonyl (C=O) groups is 3. The van der Waals surface area contributed by atoms with Crippen LogP contribution >= 0.6 is 0 Å². The van der Waals surface area contributed by atoms with E-state index in [0.29, 0.717) is 44.7 Å². The second kappa shape index (κ2) is 18.5. The summed E-state index contributed by atoms with van der Waals surface area (Å²) >= 11 is 0. The molecule has 3 aliphatic rings. The summed E-state index contributed by atoms with van der Waals surface area (Å²) in [6, 6.07) is 0.0276. The smallest absolute Gasteiger partial charge is 0.316 e. The molecule has 44 heavy (non-hydrogen) atoms. The van der Waals surface area contributed by atoms with Crippen LogP contribution in [0.2, 0.25) is 0 Å². The zero-order valence-corrected chi connectivity index (χ0v) is 27.4. The fraction of sp³-hybridized carbons (Fsp3) is 0.829. The van der Waals surface area contributed by atoms with Crippen LogP contribution in [0.15, 0.2) is 17.6 Å². The normalized spacial score (nSPS) is 27.9. The topological polar surface area (TPSA) is 115 Å². The van der Waals surface area contributed by atoms with Gasteiger partial charge in [-0.25, -0.2) is 0 Å². The van der Waals surface area contributed by atoms with Crippen molar-refractivity contribution in [2.75, 3.05) is 13.7 Å². The van der Waals surface area contributed by atoms with Gasteiger partial charge in [0.05, 0.1) is 19.3 Å². The highest BCUT2D eigenvalue weighted by atomic mass is 16.5. The standard InChI is InChI=1S/C35H58N2O7/c1-4-27-43-31(39)20-16-14-12-10-8-6-5-7-9-11-13-15-17-24-34(32(40)41)30-22-21-29(23-26-38)37(30)33(42-3)36-35(34)25-18-19-28(2)44-35/h4,26,28-30H,1,5-25,27H2,2-3H3,(H,40,41)/t28-,29+,30-,34+,35-/m1/s1. The number of aldehydes is 1. The molecule has 0 aromatic carbocycles. The number of methoxy groups -OCH3 is 1. The first-order chi connectivity index (χ1) is 21.3. The van der Waals surface area contributed by atoms with E-state index in [1.807, 2.05) is 11.8 Å². The number of fused-ring (bicyclic) bond motifs is 1. The molecule has 9 heteroatoms. The van der Waals surface area contributed by atoms with Crippen molar-refractivity contribution in [3.8, 4) is 0 Å². The number of rotatable bonds is 21. The summed E-state index contributed by atoms with van der Waals surface area (Å²) in [5.74, 6) is -0.963. The van der Waals surface area contributed by atoms with Gasteiger partial charge in [0, 0.05) is 18.9 Å². The highest BCUT2D eigenvalue weighted by Gasteiger charge is 2.69. The van der Waals surface area contributed by atoms with Crippen molar-refractivity contribution in [2.24, 2.45) is 10.4 Å². The first-order valence-corrected chi connectivity index (χ1v) is 17.4. The lowest BCUT2D eigenvalue weighted by Gasteiger charge is -2.56. The maximum atomic E-state index is 13.4. The Kier molecular flexibility index (Phi) is 15.2. The van der Waals surface area contributed by atoms with Gasteiger partial charge in [-0.3, -0.25) is 9.59 Å². The fourth-order valence-corrected chi connectivity index (χ4v) is 7.83. The minimum Gasteiger partial charge on any atom is -0.481 e. The number of hydrogen-bond acceptors (Lipinski definition) is 8. The zero-order valence-electron chi connectivity index (χ0n) is 27.4. The van der Waals surface area contributed by atoms with Crippen molar-refractivity contribution in [1.82, 2.24) is 4.90 Å². The Morgan fingerprint density at radius 1 is 1.00 bits per heavy atom. The molecular weight excluding hydrogens is 560 g/mol. The largest absolute Gasteiger partial charge is 0.481 e. The minimum atomic E-state index is -1.17. The van der Waals surface area contributed by atoms with Crippen LogP contribution in [0.3, 0.4) is 0 Å². The monoisotopic (exact) mass is 618 g/mol. The van der Waals surface area contributed by atoms with Crippen molar-refractivity contribution in [3.63, 3.8) is 0 Å². The summed E-state index contributed by atoms with van der Waals surface area (Å²) in [4.78, 5) is 43.3. The van der Waals surface area contributed by atoms with Crippen LogP contribution in [-0.4, -0.2) is 71.9 Å². The first-order valence-electron chi connectivity index (χ1n) is 17.4. The van der Waals surface area contributed by atoms with E-state index < -0.39 is 17.1 Å². The number of unbranched alkanes of at least 4 members (excludes halogenated alkanes) is 12. The third-order valence-corrected chi connectivity index (χ3v) is 10.0. The number of aliphatic carboxylic acids is 1. The van der Waals surface area contributed by atoms with Gasteiger partial charge in [-0.15, -0.1) is 0 Å². The number of ether oxygens (including phenoxy) is 3. The van der Waals surface area contributed by atoms with Gasteiger partial charge in [0.1, 0.15) is 18.3 Å².